The number of hydrogen-bond donors (Lipinski definition) is 0. The monoisotopic (exact) mass is 359 g/mol. The first-order valence-electron chi connectivity index (χ1n) is 9.07. The summed E-state index contributed by atoms with van der Waals surface area (Å²) in [6.07, 6.45) is 3.33. The van der Waals surface area contributed by atoms with Crippen molar-refractivity contribution in [2.75, 3.05) is 19.8 Å². The van der Waals surface area contributed by atoms with Crippen LogP contribution in [0.1, 0.15) is 31.7 Å². The fraction of sp³-hybridized carbons (Fsp3) is 0.500. The highest BCUT2D eigenvalue weighted by Crippen LogP contribution is 2.32. The molecule has 0 radical (unpaired) electrons. The molecule has 1 aromatic carbocycles. The number of carbonyl (C=O) groups is 2. The molecule has 2 bridgehead atoms. The molecular weight excluding hydrogens is 334 g/mol. The number of ether oxygens (including phenoxy) is 3. The van der Waals surface area contributed by atoms with Crippen LogP contribution in [-0.2, 0) is 25.6 Å². The molecule has 1 aromatic rings. The summed E-state index contributed by atoms with van der Waals surface area (Å²) in [5.41, 5.74) is 2.15. The maximum atomic E-state index is 12.6. The predicted molar refractivity (Wildman–Crippen MR) is 95.4 cm³/mol. The van der Waals surface area contributed by atoms with Gasteiger partial charge < -0.3 is 14.2 Å². The van der Waals surface area contributed by atoms with Crippen LogP contribution >= 0.6 is 0 Å². The van der Waals surface area contributed by atoms with Crippen molar-refractivity contribution in [2.45, 2.75) is 44.9 Å². The number of rotatable bonds is 5. The number of esters is 1. The summed E-state index contributed by atoms with van der Waals surface area (Å²) in [6, 6.07) is 9.56. The SMILES string of the molecule is CCOC(=O)CC=C1CC2COCC(C1)N2C(=O)OCc1ccccc1. The van der Waals surface area contributed by atoms with Gasteiger partial charge in [-0.1, -0.05) is 42.0 Å². The van der Waals surface area contributed by atoms with Gasteiger partial charge >= 0.3 is 12.1 Å². The minimum Gasteiger partial charge on any atom is -0.466 e. The Bertz CT molecular complexity index is 641. The van der Waals surface area contributed by atoms with Crippen LogP contribution in [0, 0.1) is 0 Å². The van der Waals surface area contributed by atoms with Crippen molar-refractivity contribution in [1.29, 1.82) is 0 Å². The smallest absolute Gasteiger partial charge is 0.410 e. The molecule has 0 spiro atoms. The Morgan fingerprint density at radius 3 is 2.50 bits per heavy atom. The van der Waals surface area contributed by atoms with Gasteiger partial charge in [0.15, 0.2) is 0 Å². The van der Waals surface area contributed by atoms with Gasteiger partial charge in [0.25, 0.3) is 0 Å². The van der Waals surface area contributed by atoms with Gasteiger partial charge in [-0.25, -0.2) is 4.79 Å². The second-order valence-electron chi connectivity index (χ2n) is 6.57. The molecule has 0 aromatic heterocycles. The van der Waals surface area contributed by atoms with Crippen LogP contribution in [0.5, 0.6) is 0 Å². The summed E-state index contributed by atoms with van der Waals surface area (Å²) in [7, 11) is 0. The van der Waals surface area contributed by atoms with E-state index in [4.69, 9.17) is 14.2 Å². The lowest BCUT2D eigenvalue weighted by molar-refractivity contribution is -0.142. The quantitative estimate of drug-likeness (QED) is 0.597. The second-order valence-corrected chi connectivity index (χ2v) is 6.57. The van der Waals surface area contributed by atoms with Crippen molar-refractivity contribution in [2.24, 2.45) is 0 Å². The molecule has 3 rings (SSSR count). The maximum Gasteiger partial charge on any atom is 0.410 e. The number of morpholine rings is 1. The van der Waals surface area contributed by atoms with E-state index in [-0.39, 0.29) is 37.2 Å². The molecule has 26 heavy (non-hydrogen) atoms. The van der Waals surface area contributed by atoms with E-state index >= 15 is 0 Å². The van der Waals surface area contributed by atoms with Crippen LogP contribution in [-0.4, -0.2) is 48.9 Å². The van der Waals surface area contributed by atoms with Crippen LogP contribution in [0.2, 0.25) is 0 Å². The number of amides is 1. The fourth-order valence-electron chi connectivity index (χ4n) is 3.51. The molecule has 2 atom stereocenters. The Balaban J connectivity index is 1.58. The van der Waals surface area contributed by atoms with Crippen LogP contribution in [0.25, 0.3) is 0 Å². The predicted octanol–water partition coefficient (Wildman–Crippen LogP) is 3.07. The van der Waals surface area contributed by atoms with E-state index in [2.05, 4.69) is 0 Å². The standard InChI is InChI=1S/C20H25NO5/c1-2-25-19(22)9-8-16-10-17-13-24-14-18(11-16)21(17)20(23)26-12-15-6-4-3-5-7-15/h3-8,17-18H,2,9-14H2,1H3. The molecule has 2 aliphatic heterocycles. The van der Waals surface area contributed by atoms with Gasteiger partial charge in [-0.3, -0.25) is 9.69 Å². The van der Waals surface area contributed by atoms with E-state index in [0.717, 1.165) is 5.56 Å². The third-order valence-corrected chi connectivity index (χ3v) is 4.68. The van der Waals surface area contributed by atoms with Gasteiger partial charge in [-0.15, -0.1) is 0 Å². The molecule has 140 valence electrons. The van der Waals surface area contributed by atoms with E-state index in [1.54, 1.807) is 6.92 Å². The highest BCUT2D eigenvalue weighted by Gasteiger charge is 2.40. The van der Waals surface area contributed by atoms with Crippen LogP contribution < -0.4 is 0 Å². The van der Waals surface area contributed by atoms with Gasteiger partial charge in [0.1, 0.15) is 6.61 Å². The average molecular weight is 359 g/mol. The highest BCUT2D eigenvalue weighted by molar-refractivity contribution is 5.71. The first-order valence-corrected chi connectivity index (χ1v) is 9.07. The lowest BCUT2D eigenvalue weighted by Gasteiger charge is -2.45. The second kappa shape index (κ2) is 8.85. The molecule has 0 saturated carbocycles. The van der Waals surface area contributed by atoms with Crippen molar-refractivity contribution in [1.82, 2.24) is 4.90 Å². The summed E-state index contributed by atoms with van der Waals surface area (Å²) < 4.78 is 16.1. The van der Waals surface area contributed by atoms with Gasteiger partial charge in [-0.05, 0) is 25.3 Å². The normalized spacial score (nSPS) is 21.9. The summed E-state index contributed by atoms with van der Waals surface area (Å²) in [4.78, 5) is 26.0. The van der Waals surface area contributed by atoms with Crippen LogP contribution in [0.15, 0.2) is 42.0 Å². The van der Waals surface area contributed by atoms with Crippen molar-refractivity contribution < 1.29 is 23.8 Å². The van der Waals surface area contributed by atoms with Crippen LogP contribution in [0.3, 0.4) is 0 Å². The van der Waals surface area contributed by atoms with Gasteiger partial charge in [-0.2, -0.15) is 0 Å². The molecule has 6 nitrogen and oxygen atoms in total. The third-order valence-electron chi connectivity index (χ3n) is 4.68. The molecule has 6 heteroatoms. The number of benzene rings is 1. The zero-order chi connectivity index (χ0) is 18.4. The molecule has 0 N–H and O–H groups in total. The number of hydrogen-bond acceptors (Lipinski definition) is 5. The Hall–Kier alpha value is -2.34. The average Bonchev–Trinajstić information content (AvgIpc) is 2.65. The third kappa shape index (κ3) is 4.64. The number of nitrogens with zero attached hydrogens (tertiary/aromatic N) is 1. The lowest BCUT2D eigenvalue weighted by Crippen LogP contribution is -2.57. The van der Waals surface area contributed by atoms with E-state index in [1.807, 2.05) is 41.3 Å². The molecule has 0 aliphatic carbocycles. The van der Waals surface area contributed by atoms with Crippen molar-refractivity contribution in [3.8, 4) is 0 Å². The first kappa shape index (κ1) is 18.5. The highest BCUT2D eigenvalue weighted by atomic mass is 16.6. The lowest BCUT2D eigenvalue weighted by atomic mass is 9.89. The summed E-state index contributed by atoms with van der Waals surface area (Å²) in [5, 5.41) is 0. The van der Waals surface area contributed by atoms with Gasteiger partial charge in [0.2, 0.25) is 0 Å². The molecule has 2 heterocycles. The minimum absolute atomic E-state index is 0.0424. The largest absolute Gasteiger partial charge is 0.466 e. The van der Waals surface area contributed by atoms with Crippen molar-refractivity contribution in [3.05, 3.63) is 47.5 Å². The van der Waals surface area contributed by atoms with E-state index < -0.39 is 0 Å². The summed E-state index contributed by atoms with van der Waals surface area (Å²) in [5.74, 6) is -0.217. The molecular formula is C20H25NO5. The van der Waals surface area contributed by atoms with Crippen molar-refractivity contribution >= 4 is 12.1 Å². The van der Waals surface area contributed by atoms with E-state index in [0.29, 0.717) is 32.7 Å². The Labute approximate surface area is 153 Å². The van der Waals surface area contributed by atoms with E-state index in [1.165, 1.54) is 5.57 Å². The number of piperidine rings is 1. The van der Waals surface area contributed by atoms with Gasteiger partial charge in [0.05, 0.1) is 38.3 Å². The molecule has 2 unspecified atom stereocenters. The Morgan fingerprint density at radius 2 is 1.85 bits per heavy atom. The topological polar surface area (TPSA) is 65.1 Å². The fourth-order valence-corrected chi connectivity index (χ4v) is 3.51. The zero-order valence-corrected chi connectivity index (χ0v) is 15.1. The molecule has 2 fully saturated rings. The molecule has 2 aliphatic rings. The molecule has 2 saturated heterocycles. The van der Waals surface area contributed by atoms with Gasteiger partial charge in [0, 0.05) is 0 Å². The first-order chi connectivity index (χ1) is 12.7. The minimum atomic E-state index is -0.295. The Kier molecular flexibility index (Phi) is 6.28. The molecule has 1 amide bonds. The maximum absolute atomic E-state index is 12.6. The van der Waals surface area contributed by atoms with Crippen molar-refractivity contribution in [3.63, 3.8) is 0 Å². The Morgan fingerprint density at radius 1 is 1.15 bits per heavy atom. The van der Waals surface area contributed by atoms with E-state index in [9.17, 15) is 9.59 Å². The van der Waals surface area contributed by atoms with Crippen LogP contribution in [0.4, 0.5) is 4.79 Å². The zero-order valence-electron chi connectivity index (χ0n) is 15.1. The number of carbonyl (C=O) groups excluding carboxylic acids is 2. The summed E-state index contributed by atoms with van der Waals surface area (Å²) >= 11 is 0. The number of fused-ring (bicyclic) bond motifs is 2. The summed E-state index contributed by atoms with van der Waals surface area (Å²) in [6.45, 7) is 3.44.